The standard InChI is InChI=1S/C21H18F3NO5/c1-12-5-3-4-6-14(12)16-10-19(26)30-17-9-13(7-8-15(16)17)29-18(20(27)25-2)11-28-21(22,23)24/h3-10,18H,11H2,1-2H3,(H,25,27)/t18-/m1/s1. The van der Waals surface area contributed by atoms with E-state index in [1.165, 1.54) is 25.2 Å². The summed E-state index contributed by atoms with van der Waals surface area (Å²) in [5, 5.41) is 2.83. The molecular weight excluding hydrogens is 403 g/mol. The summed E-state index contributed by atoms with van der Waals surface area (Å²) in [6, 6.07) is 13.3. The van der Waals surface area contributed by atoms with Gasteiger partial charge in [-0.1, -0.05) is 24.3 Å². The van der Waals surface area contributed by atoms with Gasteiger partial charge in [-0.3, -0.25) is 9.53 Å². The fourth-order valence-corrected chi connectivity index (χ4v) is 2.97. The SMILES string of the molecule is CNC(=O)[C@@H](COC(F)(F)F)Oc1ccc2c(-c3ccccc3C)cc(=O)oc2c1. The largest absolute Gasteiger partial charge is 0.522 e. The van der Waals surface area contributed by atoms with Crippen LogP contribution >= 0.6 is 0 Å². The van der Waals surface area contributed by atoms with Gasteiger partial charge in [0.15, 0.2) is 6.10 Å². The van der Waals surface area contributed by atoms with E-state index in [9.17, 15) is 22.8 Å². The molecule has 1 atom stereocenters. The number of fused-ring (bicyclic) bond motifs is 1. The van der Waals surface area contributed by atoms with Crippen LogP contribution in [0.15, 0.2) is 57.7 Å². The minimum atomic E-state index is -4.91. The zero-order valence-corrected chi connectivity index (χ0v) is 16.1. The van der Waals surface area contributed by atoms with Gasteiger partial charge in [0, 0.05) is 30.1 Å². The van der Waals surface area contributed by atoms with Crippen molar-refractivity contribution < 1.29 is 31.9 Å². The summed E-state index contributed by atoms with van der Waals surface area (Å²) in [5.74, 6) is -0.749. The molecule has 0 saturated heterocycles. The van der Waals surface area contributed by atoms with Gasteiger partial charge in [-0.05, 0) is 30.2 Å². The van der Waals surface area contributed by atoms with E-state index in [4.69, 9.17) is 9.15 Å². The number of nitrogens with one attached hydrogen (secondary N) is 1. The number of hydrogen-bond donors (Lipinski definition) is 1. The molecule has 0 spiro atoms. The lowest BCUT2D eigenvalue weighted by Gasteiger charge is -2.19. The molecule has 0 radical (unpaired) electrons. The minimum absolute atomic E-state index is 0.0481. The summed E-state index contributed by atoms with van der Waals surface area (Å²) >= 11 is 0. The maximum atomic E-state index is 12.4. The van der Waals surface area contributed by atoms with E-state index in [0.29, 0.717) is 10.9 Å². The summed E-state index contributed by atoms with van der Waals surface area (Å²) in [7, 11) is 1.26. The third kappa shape index (κ3) is 4.98. The first kappa shape index (κ1) is 21.4. The van der Waals surface area contributed by atoms with Crippen LogP contribution in [0, 0.1) is 6.92 Å². The van der Waals surface area contributed by atoms with E-state index in [1.54, 1.807) is 6.07 Å². The molecule has 0 aliphatic rings. The highest BCUT2D eigenvalue weighted by molar-refractivity contribution is 5.94. The van der Waals surface area contributed by atoms with Crippen molar-refractivity contribution in [1.82, 2.24) is 5.32 Å². The second-order valence-corrected chi connectivity index (χ2v) is 6.43. The van der Waals surface area contributed by atoms with E-state index in [1.807, 2.05) is 31.2 Å². The van der Waals surface area contributed by atoms with Gasteiger partial charge in [0.05, 0.1) is 0 Å². The van der Waals surface area contributed by atoms with Crippen molar-refractivity contribution in [1.29, 1.82) is 0 Å². The predicted molar refractivity (Wildman–Crippen MR) is 103 cm³/mol. The van der Waals surface area contributed by atoms with Crippen LogP contribution in [0.2, 0.25) is 0 Å². The molecule has 0 unspecified atom stereocenters. The number of carbonyl (C=O) groups is 1. The lowest BCUT2D eigenvalue weighted by molar-refractivity contribution is -0.328. The molecule has 2 aromatic carbocycles. The van der Waals surface area contributed by atoms with Crippen LogP contribution in [0.1, 0.15) is 5.56 Å². The van der Waals surface area contributed by atoms with Gasteiger partial charge in [-0.15, -0.1) is 13.2 Å². The van der Waals surface area contributed by atoms with Crippen molar-refractivity contribution in [2.75, 3.05) is 13.7 Å². The topological polar surface area (TPSA) is 77.8 Å². The van der Waals surface area contributed by atoms with Crippen LogP contribution in [0.25, 0.3) is 22.1 Å². The van der Waals surface area contributed by atoms with Gasteiger partial charge >= 0.3 is 12.0 Å². The lowest BCUT2D eigenvalue weighted by atomic mass is 9.98. The normalized spacial score (nSPS) is 12.6. The van der Waals surface area contributed by atoms with E-state index >= 15 is 0 Å². The first-order chi connectivity index (χ1) is 14.2. The number of halogens is 3. The van der Waals surface area contributed by atoms with Crippen LogP contribution in [0.3, 0.4) is 0 Å². The average molecular weight is 421 g/mol. The first-order valence-corrected chi connectivity index (χ1v) is 8.91. The summed E-state index contributed by atoms with van der Waals surface area (Å²) in [4.78, 5) is 23.9. The monoisotopic (exact) mass is 421 g/mol. The highest BCUT2D eigenvalue weighted by Gasteiger charge is 2.33. The predicted octanol–water partition coefficient (Wildman–Crippen LogP) is 3.80. The number of amides is 1. The molecule has 0 fully saturated rings. The zero-order chi connectivity index (χ0) is 21.9. The van der Waals surface area contributed by atoms with E-state index in [-0.39, 0.29) is 11.3 Å². The molecule has 158 valence electrons. The second-order valence-electron chi connectivity index (χ2n) is 6.43. The maximum absolute atomic E-state index is 12.4. The summed E-state index contributed by atoms with van der Waals surface area (Å²) in [6.45, 7) is 0.871. The molecule has 1 heterocycles. The fraction of sp³-hybridized carbons (Fsp3) is 0.238. The van der Waals surface area contributed by atoms with Gasteiger partial charge in [-0.2, -0.15) is 0 Å². The Kier molecular flexibility index (Phi) is 6.12. The molecular formula is C21H18F3NO5. The van der Waals surface area contributed by atoms with Crippen molar-refractivity contribution in [2.24, 2.45) is 0 Å². The quantitative estimate of drug-likeness (QED) is 0.613. The van der Waals surface area contributed by atoms with Crippen LogP contribution in [0.4, 0.5) is 13.2 Å². The molecule has 30 heavy (non-hydrogen) atoms. The summed E-state index contributed by atoms with van der Waals surface area (Å²) in [6.07, 6.45) is -6.46. The van der Waals surface area contributed by atoms with Crippen LogP contribution in [0.5, 0.6) is 5.75 Å². The molecule has 1 N–H and O–H groups in total. The number of alkyl halides is 3. The first-order valence-electron chi connectivity index (χ1n) is 8.91. The van der Waals surface area contributed by atoms with Gasteiger partial charge in [0.2, 0.25) is 0 Å². The zero-order valence-electron chi connectivity index (χ0n) is 16.1. The Balaban J connectivity index is 1.97. The summed E-state index contributed by atoms with van der Waals surface area (Å²) < 4.78 is 51.4. The van der Waals surface area contributed by atoms with Crippen molar-refractivity contribution in [3.8, 4) is 16.9 Å². The number of benzene rings is 2. The van der Waals surface area contributed by atoms with Crippen LogP contribution in [-0.2, 0) is 9.53 Å². The molecule has 0 saturated carbocycles. The Hall–Kier alpha value is -3.33. The van der Waals surface area contributed by atoms with Crippen LogP contribution in [-0.4, -0.2) is 32.0 Å². The number of aryl methyl sites for hydroxylation is 1. The minimum Gasteiger partial charge on any atom is -0.478 e. The van der Waals surface area contributed by atoms with E-state index < -0.39 is 30.6 Å². The molecule has 9 heteroatoms. The molecule has 1 aromatic heterocycles. The van der Waals surface area contributed by atoms with Crippen molar-refractivity contribution in [3.05, 3.63) is 64.5 Å². The Bertz CT molecular complexity index is 1120. The summed E-state index contributed by atoms with van der Waals surface area (Å²) in [5.41, 5.74) is 2.01. The van der Waals surface area contributed by atoms with Gasteiger partial charge in [0.25, 0.3) is 5.91 Å². The Morgan fingerprint density at radius 1 is 1.13 bits per heavy atom. The maximum Gasteiger partial charge on any atom is 0.522 e. The third-order valence-corrected chi connectivity index (χ3v) is 4.37. The highest BCUT2D eigenvalue weighted by Crippen LogP contribution is 2.31. The molecule has 0 aliphatic carbocycles. The highest BCUT2D eigenvalue weighted by atomic mass is 19.4. The number of ether oxygens (including phenoxy) is 2. The molecule has 0 aliphatic heterocycles. The Labute approximate surface area is 169 Å². The van der Waals surface area contributed by atoms with Gasteiger partial charge in [-0.25, -0.2) is 4.79 Å². The molecule has 3 aromatic rings. The number of rotatable bonds is 6. The van der Waals surface area contributed by atoms with Crippen LogP contribution < -0.4 is 15.7 Å². The number of hydrogen-bond acceptors (Lipinski definition) is 5. The number of carbonyl (C=O) groups excluding carboxylic acids is 1. The number of likely N-dealkylation sites (N-methyl/N-ethyl adjacent to an activating group) is 1. The molecule has 0 bridgehead atoms. The molecule has 3 rings (SSSR count). The smallest absolute Gasteiger partial charge is 0.478 e. The van der Waals surface area contributed by atoms with E-state index in [2.05, 4.69) is 10.1 Å². The van der Waals surface area contributed by atoms with Gasteiger partial charge in [0.1, 0.15) is 17.9 Å². The van der Waals surface area contributed by atoms with Gasteiger partial charge < -0.3 is 14.5 Å². The van der Waals surface area contributed by atoms with E-state index in [0.717, 1.165) is 11.1 Å². The lowest BCUT2D eigenvalue weighted by Crippen LogP contribution is -2.41. The van der Waals surface area contributed by atoms with Crippen molar-refractivity contribution in [2.45, 2.75) is 19.4 Å². The second kappa shape index (κ2) is 8.58. The Morgan fingerprint density at radius 3 is 2.53 bits per heavy atom. The van der Waals surface area contributed by atoms with Crippen molar-refractivity contribution in [3.63, 3.8) is 0 Å². The molecule has 6 nitrogen and oxygen atoms in total. The average Bonchev–Trinajstić information content (AvgIpc) is 2.69. The van der Waals surface area contributed by atoms with Crippen molar-refractivity contribution >= 4 is 16.9 Å². The molecule has 1 amide bonds. The fourth-order valence-electron chi connectivity index (χ4n) is 2.97. The third-order valence-electron chi connectivity index (χ3n) is 4.37. The Morgan fingerprint density at radius 2 is 1.87 bits per heavy atom.